The van der Waals surface area contributed by atoms with Gasteiger partial charge in [-0.2, -0.15) is 0 Å². The number of nitrogens with one attached hydrogen (secondary N) is 1. The van der Waals surface area contributed by atoms with Gasteiger partial charge in [0.1, 0.15) is 16.9 Å². The molecule has 5 aromatic rings. The Morgan fingerprint density at radius 2 is 1.86 bits per heavy atom. The summed E-state index contributed by atoms with van der Waals surface area (Å²) >= 11 is 6.24. The number of Topliss-reactive ketones (excluding diaryl/α,β-unsaturated/α-hetero) is 1. The molecule has 2 aromatic heterocycles. The molecule has 0 saturated heterocycles. The predicted octanol–water partition coefficient (Wildman–Crippen LogP) is 5.78. The molecule has 3 heterocycles. The molecule has 1 aliphatic heterocycles. The predicted molar refractivity (Wildman–Crippen MR) is 141 cm³/mol. The molecule has 6 rings (SSSR count). The summed E-state index contributed by atoms with van der Waals surface area (Å²) < 4.78 is 5.41. The average Bonchev–Trinajstić information content (AvgIpc) is 3.36. The first-order chi connectivity index (χ1) is 17.3. The summed E-state index contributed by atoms with van der Waals surface area (Å²) in [5.74, 6) is -0.408. The summed E-state index contributed by atoms with van der Waals surface area (Å²) in [6.45, 7) is 1.60. The first-order valence-electron chi connectivity index (χ1n) is 11.3. The number of rotatable bonds is 4. The number of methoxy groups -OCH3 is 1. The number of halogens is 1. The number of hydrogen-bond donors (Lipinski definition) is 2. The number of ketones is 1. The average molecular weight is 497 g/mol. The third kappa shape index (κ3) is 3.03. The van der Waals surface area contributed by atoms with Gasteiger partial charge in [-0.05, 0) is 37.3 Å². The van der Waals surface area contributed by atoms with Gasteiger partial charge in [-0.15, -0.1) is 0 Å². The Labute approximate surface area is 211 Å². The number of H-pyrrole nitrogens is 1. The molecule has 1 atom stereocenters. The lowest BCUT2D eigenvalue weighted by atomic mass is 9.77. The summed E-state index contributed by atoms with van der Waals surface area (Å²) in [6, 6.07) is 19.8. The van der Waals surface area contributed by atoms with Gasteiger partial charge in [0, 0.05) is 44.7 Å². The maximum absolute atomic E-state index is 14.2. The van der Waals surface area contributed by atoms with E-state index >= 15 is 0 Å². The van der Waals surface area contributed by atoms with Crippen molar-refractivity contribution in [3.63, 3.8) is 0 Å². The SMILES string of the molecule is COc1cc(N)c2c(c1)N(c1cccc(Cl)c1)C(=O)C2(C)C(=O)c1cc2c(cn1)[nH]c1ccccc12. The number of nitrogen functional groups attached to an aromatic ring is 1. The number of para-hydroxylation sites is 1. The minimum Gasteiger partial charge on any atom is -0.497 e. The van der Waals surface area contributed by atoms with Crippen LogP contribution in [0.3, 0.4) is 0 Å². The number of fused-ring (bicyclic) bond motifs is 4. The van der Waals surface area contributed by atoms with E-state index in [-0.39, 0.29) is 11.4 Å². The highest BCUT2D eigenvalue weighted by molar-refractivity contribution is 6.32. The van der Waals surface area contributed by atoms with E-state index in [0.29, 0.717) is 27.7 Å². The number of nitrogens with two attached hydrogens (primary N) is 1. The van der Waals surface area contributed by atoms with Crippen LogP contribution in [0, 0.1) is 0 Å². The molecule has 8 heteroatoms. The van der Waals surface area contributed by atoms with Gasteiger partial charge in [-0.25, -0.2) is 0 Å². The van der Waals surface area contributed by atoms with Crippen LogP contribution in [-0.4, -0.2) is 28.8 Å². The highest BCUT2D eigenvalue weighted by Crippen LogP contribution is 2.51. The van der Waals surface area contributed by atoms with Crippen molar-refractivity contribution in [2.24, 2.45) is 0 Å². The Morgan fingerprint density at radius 3 is 2.64 bits per heavy atom. The second-order valence-corrected chi connectivity index (χ2v) is 9.41. The molecule has 3 aromatic carbocycles. The van der Waals surface area contributed by atoms with Crippen LogP contribution in [0.4, 0.5) is 17.1 Å². The second-order valence-electron chi connectivity index (χ2n) is 8.97. The first kappa shape index (κ1) is 22.1. The Hall–Kier alpha value is -4.36. The zero-order valence-corrected chi connectivity index (χ0v) is 20.3. The fourth-order valence-electron chi connectivity index (χ4n) is 5.11. The van der Waals surface area contributed by atoms with E-state index in [1.165, 1.54) is 12.0 Å². The third-order valence-electron chi connectivity index (χ3n) is 6.87. The minimum atomic E-state index is -1.61. The van der Waals surface area contributed by atoms with Crippen molar-refractivity contribution in [2.45, 2.75) is 12.3 Å². The zero-order valence-electron chi connectivity index (χ0n) is 19.5. The number of pyridine rings is 1. The van der Waals surface area contributed by atoms with Crippen LogP contribution in [0.15, 0.2) is 72.9 Å². The number of carbonyl (C=O) groups excluding carboxylic acids is 2. The topological polar surface area (TPSA) is 101 Å². The van der Waals surface area contributed by atoms with Crippen LogP contribution in [0.2, 0.25) is 5.02 Å². The molecular formula is C28H21ClN4O3. The molecule has 0 radical (unpaired) electrons. The molecule has 1 aliphatic rings. The molecule has 7 nitrogen and oxygen atoms in total. The van der Waals surface area contributed by atoms with Crippen molar-refractivity contribution in [3.8, 4) is 5.75 Å². The number of hydrogen-bond acceptors (Lipinski definition) is 5. The lowest BCUT2D eigenvalue weighted by molar-refractivity contribution is -0.120. The quantitative estimate of drug-likeness (QED) is 0.186. The van der Waals surface area contributed by atoms with Crippen LogP contribution < -0.4 is 15.4 Å². The molecule has 0 fully saturated rings. The monoisotopic (exact) mass is 496 g/mol. The first-order valence-corrected chi connectivity index (χ1v) is 11.7. The van der Waals surface area contributed by atoms with Gasteiger partial charge in [0.2, 0.25) is 11.7 Å². The molecular weight excluding hydrogens is 476 g/mol. The van der Waals surface area contributed by atoms with Gasteiger partial charge in [0.05, 0.1) is 30.2 Å². The Kier molecular flexibility index (Phi) is 4.81. The standard InChI is InChI=1S/C28H21ClN4O3/c1-28(26(34)22-13-19-18-8-3-4-9-21(18)32-23(19)14-31-22)25-20(30)11-17(36-2)12-24(25)33(27(28)35)16-7-5-6-15(29)10-16/h3-14,32H,30H2,1-2H3. The van der Waals surface area contributed by atoms with Crippen LogP contribution >= 0.6 is 11.6 Å². The molecule has 1 unspecified atom stereocenters. The number of aromatic nitrogens is 2. The van der Waals surface area contributed by atoms with E-state index in [9.17, 15) is 9.59 Å². The number of nitrogens with zero attached hydrogens (tertiary/aromatic N) is 2. The lowest BCUT2D eigenvalue weighted by Gasteiger charge is -2.23. The van der Waals surface area contributed by atoms with Crippen molar-refractivity contribution in [1.82, 2.24) is 9.97 Å². The number of anilines is 3. The number of amides is 1. The second kappa shape index (κ2) is 7.83. The maximum atomic E-state index is 14.2. The van der Waals surface area contributed by atoms with Crippen molar-refractivity contribution < 1.29 is 14.3 Å². The van der Waals surface area contributed by atoms with E-state index < -0.39 is 17.1 Å². The van der Waals surface area contributed by atoms with Crippen LogP contribution in [0.5, 0.6) is 5.75 Å². The molecule has 0 spiro atoms. The van der Waals surface area contributed by atoms with E-state index in [0.717, 1.165) is 21.8 Å². The van der Waals surface area contributed by atoms with E-state index in [1.54, 1.807) is 55.6 Å². The normalized spacial score (nSPS) is 17.1. The zero-order chi connectivity index (χ0) is 25.2. The van der Waals surface area contributed by atoms with Gasteiger partial charge in [-0.3, -0.25) is 19.5 Å². The number of benzene rings is 3. The van der Waals surface area contributed by atoms with Gasteiger partial charge >= 0.3 is 0 Å². The van der Waals surface area contributed by atoms with Gasteiger partial charge in [0.25, 0.3) is 0 Å². The van der Waals surface area contributed by atoms with E-state index in [1.807, 2.05) is 24.3 Å². The van der Waals surface area contributed by atoms with Crippen molar-refractivity contribution in [2.75, 3.05) is 17.7 Å². The van der Waals surface area contributed by atoms with Gasteiger partial charge < -0.3 is 15.5 Å². The molecule has 0 bridgehead atoms. The summed E-state index contributed by atoms with van der Waals surface area (Å²) in [5.41, 5.74) is 8.47. The number of carbonyl (C=O) groups is 2. The third-order valence-corrected chi connectivity index (χ3v) is 7.11. The number of aromatic amines is 1. The van der Waals surface area contributed by atoms with Crippen LogP contribution in [0.1, 0.15) is 23.0 Å². The smallest absolute Gasteiger partial charge is 0.250 e. The summed E-state index contributed by atoms with van der Waals surface area (Å²) in [7, 11) is 1.52. The van der Waals surface area contributed by atoms with Gasteiger partial charge in [0.15, 0.2) is 0 Å². The molecule has 3 N–H and O–H groups in total. The number of ether oxygens (including phenoxy) is 1. The molecule has 0 aliphatic carbocycles. The molecule has 0 saturated carbocycles. The highest BCUT2D eigenvalue weighted by Gasteiger charge is 2.55. The Morgan fingerprint density at radius 1 is 1.06 bits per heavy atom. The van der Waals surface area contributed by atoms with Crippen LogP contribution in [-0.2, 0) is 10.2 Å². The summed E-state index contributed by atoms with van der Waals surface area (Å²) in [5, 5.41) is 2.29. The Bertz CT molecular complexity index is 1730. The molecule has 36 heavy (non-hydrogen) atoms. The van der Waals surface area contributed by atoms with Crippen molar-refractivity contribution in [1.29, 1.82) is 0 Å². The van der Waals surface area contributed by atoms with Crippen molar-refractivity contribution >= 4 is 62.2 Å². The summed E-state index contributed by atoms with van der Waals surface area (Å²) in [6.07, 6.45) is 1.62. The summed E-state index contributed by atoms with van der Waals surface area (Å²) in [4.78, 5) is 37.5. The van der Waals surface area contributed by atoms with Crippen LogP contribution in [0.25, 0.3) is 21.8 Å². The lowest BCUT2D eigenvalue weighted by Crippen LogP contribution is -2.43. The van der Waals surface area contributed by atoms with E-state index in [4.69, 9.17) is 22.1 Å². The maximum Gasteiger partial charge on any atom is 0.250 e. The van der Waals surface area contributed by atoms with Gasteiger partial charge in [-0.1, -0.05) is 35.9 Å². The fourth-order valence-corrected chi connectivity index (χ4v) is 5.30. The van der Waals surface area contributed by atoms with E-state index in [2.05, 4.69) is 9.97 Å². The van der Waals surface area contributed by atoms with Crippen molar-refractivity contribution in [3.05, 3.63) is 89.2 Å². The fraction of sp³-hybridized carbons (Fsp3) is 0.107. The highest BCUT2D eigenvalue weighted by atomic mass is 35.5. The molecule has 1 amide bonds. The molecule has 178 valence electrons. The minimum absolute atomic E-state index is 0.178. The Balaban J connectivity index is 1.56. The largest absolute Gasteiger partial charge is 0.497 e.